The van der Waals surface area contributed by atoms with Crippen molar-refractivity contribution in [3.63, 3.8) is 0 Å². The summed E-state index contributed by atoms with van der Waals surface area (Å²) in [6, 6.07) is 0. The third-order valence-corrected chi connectivity index (χ3v) is 1.77. The maximum absolute atomic E-state index is 5.43. The first-order valence-corrected chi connectivity index (χ1v) is 3.64. The molecule has 0 atom stereocenters. The van der Waals surface area contributed by atoms with Crippen LogP contribution in [0.15, 0.2) is 12.3 Å². The number of nitrogens with zero attached hydrogens (tertiary/aromatic N) is 2. The van der Waals surface area contributed by atoms with Crippen LogP contribution in [-0.4, -0.2) is 9.97 Å². The van der Waals surface area contributed by atoms with Crippen LogP contribution in [0.3, 0.4) is 0 Å². The minimum Gasteiger partial charge on any atom is -0.368 e. The molecule has 0 aliphatic heterocycles. The molecule has 1 aliphatic carbocycles. The Balaban J connectivity index is 2.54. The lowest BCUT2D eigenvalue weighted by Gasteiger charge is -2.07. The van der Waals surface area contributed by atoms with Gasteiger partial charge in [-0.05, 0) is 24.5 Å². The van der Waals surface area contributed by atoms with Crippen molar-refractivity contribution < 1.29 is 0 Å². The average molecular weight is 147 g/mol. The molecule has 11 heavy (non-hydrogen) atoms. The van der Waals surface area contributed by atoms with Gasteiger partial charge in [-0.3, -0.25) is 0 Å². The summed E-state index contributed by atoms with van der Waals surface area (Å²) in [5, 5.41) is 0. The van der Waals surface area contributed by atoms with E-state index in [1.54, 1.807) is 6.20 Å². The fourth-order valence-corrected chi connectivity index (χ4v) is 1.20. The molecule has 1 aromatic rings. The van der Waals surface area contributed by atoms with Crippen LogP contribution in [0.4, 0.5) is 5.95 Å². The Labute approximate surface area is 65.0 Å². The molecule has 0 aromatic carbocycles. The predicted octanol–water partition coefficient (Wildman–Crippen LogP) is 1.02. The van der Waals surface area contributed by atoms with Crippen molar-refractivity contribution in [1.29, 1.82) is 0 Å². The Hall–Kier alpha value is -1.38. The smallest absolute Gasteiger partial charge is 0.220 e. The molecular weight excluding hydrogens is 138 g/mol. The van der Waals surface area contributed by atoms with Gasteiger partial charge in [0.2, 0.25) is 5.95 Å². The quantitative estimate of drug-likeness (QED) is 0.596. The predicted molar refractivity (Wildman–Crippen MR) is 43.8 cm³/mol. The molecule has 0 unspecified atom stereocenters. The monoisotopic (exact) mass is 147 g/mol. The summed E-state index contributed by atoms with van der Waals surface area (Å²) in [5.74, 6) is 0.357. The van der Waals surface area contributed by atoms with Crippen LogP contribution in [0.2, 0.25) is 0 Å². The molecule has 3 heteroatoms. The first kappa shape index (κ1) is 6.34. The standard InChI is InChI=1S/C8H9N3/c9-8-10-5-6-3-1-2-4-7(6)11-8/h2,4-5H,1,3H2,(H2,9,10,11). The second kappa shape index (κ2) is 2.34. The highest BCUT2D eigenvalue weighted by Gasteiger charge is 2.05. The lowest BCUT2D eigenvalue weighted by atomic mass is 10.0. The second-order valence-corrected chi connectivity index (χ2v) is 2.58. The van der Waals surface area contributed by atoms with Gasteiger partial charge in [-0.15, -0.1) is 0 Å². The summed E-state index contributed by atoms with van der Waals surface area (Å²) in [6.45, 7) is 0. The van der Waals surface area contributed by atoms with E-state index in [4.69, 9.17) is 5.73 Å². The molecule has 2 N–H and O–H groups in total. The van der Waals surface area contributed by atoms with Crippen LogP contribution >= 0.6 is 0 Å². The summed E-state index contributed by atoms with van der Waals surface area (Å²) >= 11 is 0. The summed E-state index contributed by atoms with van der Waals surface area (Å²) in [4.78, 5) is 8.02. The molecule has 0 fully saturated rings. The Kier molecular flexibility index (Phi) is 1.35. The van der Waals surface area contributed by atoms with Gasteiger partial charge in [-0.25, -0.2) is 9.97 Å². The zero-order chi connectivity index (χ0) is 7.68. The third kappa shape index (κ3) is 1.09. The van der Waals surface area contributed by atoms with Gasteiger partial charge in [0.05, 0.1) is 5.69 Å². The fraction of sp³-hybridized carbons (Fsp3) is 0.250. The maximum Gasteiger partial charge on any atom is 0.220 e. The highest BCUT2D eigenvalue weighted by molar-refractivity contribution is 5.52. The normalized spacial score (nSPS) is 14.5. The number of fused-ring (bicyclic) bond motifs is 1. The summed E-state index contributed by atoms with van der Waals surface area (Å²) < 4.78 is 0. The number of aryl methyl sites for hydroxylation is 1. The lowest BCUT2D eigenvalue weighted by molar-refractivity contribution is 0.944. The molecule has 0 saturated carbocycles. The van der Waals surface area contributed by atoms with Gasteiger partial charge in [0.25, 0.3) is 0 Å². The van der Waals surface area contributed by atoms with Gasteiger partial charge in [-0.2, -0.15) is 0 Å². The average Bonchev–Trinajstić information content (AvgIpc) is 2.04. The molecule has 0 radical (unpaired) electrons. The van der Waals surface area contributed by atoms with Crippen molar-refractivity contribution in [1.82, 2.24) is 9.97 Å². The van der Waals surface area contributed by atoms with E-state index in [-0.39, 0.29) is 0 Å². The molecule has 0 spiro atoms. The Bertz CT molecular complexity index is 304. The molecule has 2 rings (SSSR count). The van der Waals surface area contributed by atoms with Crippen molar-refractivity contribution in [3.05, 3.63) is 23.5 Å². The number of hydrogen-bond donors (Lipinski definition) is 1. The molecule has 1 heterocycles. The van der Waals surface area contributed by atoms with E-state index in [0.29, 0.717) is 5.95 Å². The van der Waals surface area contributed by atoms with E-state index >= 15 is 0 Å². The van der Waals surface area contributed by atoms with Crippen LogP contribution in [0.5, 0.6) is 0 Å². The SMILES string of the molecule is Nc1ncc2c(n1)C=CCC2. The number of allylic oxidation sites excluding steroid dienone is 1. The summed E-state index contributed by atoms with van der Waals surface area (Å²) in [6.07, 6.45) is 8.03. The minimum atomic E-state index is 0.357. The van der Waals surface area contributed by atoms with E-state index < -0.39 is 0 Å². The number of rotatable bonds is 0. The number of anilines is 1. The molecule has 0 bridgehead atoms. The Morgan fingerprint density at radius 2 is 2.36 bits per heavy atom. The second-order valence-electron chi connectivity index (χ2n) is 2.58. The van der Waals surface area contributed by atoms with Crippen molar-refractivity contribution in [2.45, 2.75) is 12.8 Å². The maximum atomic E-state index is 5.43. The van der Waals surface area contributed by atoms with Crippen LogP contribution in [0, 0.1) is 0 Å². The van der Waals surface area contributed by atoms with Gasteiger partial charge < -0.3 is 5.73 Å². The van der Waals surface area contributed by atoms with Crippen molar-refractivity contribution in [3.8, 4) is 0 Å². The van der Waals surface area contributed by atoms with Crippen LogP contribution < -0.4 is 5.73 Å². The van der Waals surface area contributed by atoms with Crippen LogP contribution in [-0.2, 0) is 6.42 Å². The summed E-state index contributed by atoms with van der Waals surface area (Å²) in [5.41, 5.74) is 7.60. The summed E-state index contributed by atoms with van der Waals surface area (Å²) in [7, 11) is 0. The first-order chi connectivity index (χ1) is 5.36. The molecule has 3 nitrogen and oxygen atoms in total. The Morgan fingerprint density at radius 1 is 1.45 bits per heavy atom. The van der Waals surface area contributed by atoms with E-state index in [1.165, 1.54) is 5.56 Å². The van der Waals surface area contributed by atoms with E-state index in [0.717, 1.165) is 18.5 Å². The lowest BCUT2D eigenvalue weighted by Crippen LogP contribution is -2.02. The Morgan fingerprint density at radius 3 is 3.27 bits per heavy atom. The molecule has 1 aromatic heterocycles. The van der Waals surface area contributed by atoms with E-state index in [2.05, 4.69) is 16.0 Å². The van der Waals surface area contributed by atoms with Gasteiger partial charge >= 0.3 is 0 Å². The highest BCUT2D eigenvalue weighted by atomic mass is 15.0. The third-order valence-electron chi connectivity index (χ3n) is 1.77. The minimum absolute atomic E-state index is 0.357. The zero-order valence-corrected chi connectivity index (χ0v) is 6.12. The zero-order valence-electron chi connectivity index (χ0n) is 6.12. The molecule has 0 saturated heterocycles. The number of hydrogen-bond acceptors (Lipinski definition) is 3. The number of nitrogen functional groups attached to an aromatic ring is 1. The topological polar surface area (TPSA) is 51.8 Å². The van der Waals surface area contributed by atoms with Gasteiger partial charge in [0.15, 0.2) is 0 Å². The molecule has 0 amide bonds. The van der Waals surface area contributed by atoms with Crippen molar-refractivity contribution in [2.75, 3.05) is 5.73 Å². The number of aromatic nitrogens is 2. The van der Waals surface area contributed by atoms with Crippen molar-refractivity contribution in [2.24, 2.45) is 0 Å². The molecular formula is C8H9N3. The first-order valence-electron chi connectivity index (χ1n) is 3.64. The fourth-order valence-electron chi connectivity index (χ4n) is 1.20. The van der Waals surface area contributed by atoms with Gasteiger partial charge in [0.1, 0.15) is 0 Å². The highest BCUT2D eigenvalue weighted by Crippen LogP contribution is 2.15. The van der Waals surface area contributed by atoms with Gasteiger partial charge in [0, 0.05) is 6.20 Å². The number of nitrogens with two attached hydrogens (primary N) is 1. The van der Waals surface area contributed by atoms with Crippen LogP contribution in [0.25, 0.3) is 6.08 Å². The van der Waals surface area contributed by atoms with Crippen molar-refractivity contribution >= 4 is 12.0 Å². The van der Waals surface area contributed by atoms with E-state index in [1.807, 2.05) is 6.08 Å². The molecule has 1 aliphatic rings. The molecule has 56 valence electrons. The van der Waals surface area contributed by atoms with E-state index in [9.17, 15) is 0 Å². The van der Waals surface area contributed by atoms with Crippen LogP contribution in [0.1, 0.15) is 17.7 Å². The largest absolute Gasteiger partial charge is 0.368 e. The van der Waals surface area contributed by atoms with Gasteiger partial charge in [-0.1, -0.05) is 6.08 Å².